The van der Waals surface area contributed by atoms with Gasteiger partial charge in [-0.3, -0.25) is 0 Å². The number of nitrogens with zero attached hydrogens (tertiary/aromatic N) is 1. The van der Waals surface area contributed by atoms with Crippen LogP contribution in [0.5, 0.6) is 0 Å². The zero-order valence-corrected chi connectivity index (χ0v) is 13.2. The number of fused-ring (bicyclic) bond motifs is 1. The minimum Gasteiger partial charge on any atom is -0.478 e. The van der Waals surface area contributed by atoms with Crippen LogP contribution in [0.25, 0.3) is 10.9 Å². The monoisotopic (exact) mass is 359 g/mol. The van der Waals surface area contributed by atoms with E-state index in [0.717, 1.165) is 9.37 Å². The number of benzene rings is 2. The van der Waals surface area contributed by atoms with Gasteiger partial charge in [0.15, 0.2) is 0 Å². The average molecular weight is 360 g/mol. The molecular formula is C16H10BrNO2S. The van der Waals surface area contributed by atoms with Crippen LogP contribution in [-0.2, 0) is 0 Å². The van der Waals surface area contributed by atoms with Crippen molar-refractivity contribution in [1.82, 2.24) is 4.98 Å². The molecule has 0 bridgehead atoms. The van der Waals surface area contributed by atoms with Crippen LogP contribution in [-0.4, -0.2) is 16.1 Å². The molecule has 0 radical (unpaired) electrons. The predicted octanol–water partition coefficient (Wildman–Crippen LogP) is 4.85. The van der Waals surface area contributed by atoms with Crippen LogP contribution in [0, 0.1) is 0 Å². The van der Waals surface area contributed by atoms with Crippen LogP contribution < -0.4 is 0 Å². The molecule has 0 saturated carbocycles. The molecule has 5 heteroatoms. The average Bonchev–Trinajstić information content (AvgIpc) is 2.48. The summed E-state index contributed by atoms with van der Waals surface area (Å²) in [7, 11) is 0. The molecule has 21 heavy (non-hydrogen) atoms. The molecular weight excluding hydrogens is 350 g/mol. The van der Waals surface area contributed by atoms with Crippen LogP contribution >= 0.6 is 27.7 Å². The molecule has 0 aliphatic rings. The first kappa shape index (κ1) is 14.1. The molecule has 3 rings (SSSR count). The van der Waals surface area contributed by atoms with Crippen LogP contribution in [0.3, 0.4) is 0 Å². The fourth-order valence-electron chi connectivity index (χ4n) is 2.02. The number of pyridine rings is 1. The van der Waals surface area contributed by atoms with Gasteiger partial charge in [-0.2, -0.15) is 0 Å². The SMILES string of the molecule is O=C(O)c1cc(Sc2ccccc2Br)nc2ccccc12. The van der Waals surface area contributed by atoms with E-state index in [0.29, 0.717) is 15.9 Å². The number of carbonyl (C=O) groups is 1. The summed E-state index contributed by atoms with van der Waals surface area (Å²) in [5, 5.41) is 10.7. The lowest BCUT2D eigenvalue weighted by Crippen LogP contribution is -1.99. The molecule has 1 aromatic heterocycles. The van der Waals surface area contributed by atoms with Crippen LogP contribution in [0.2, 0.25) is 0 Å². The molecule has 2 aromatic carbocycles. The largest absolute Gasteiger partial charge is 0.478 e. The number of carboxylic acid groups (broad SMARTS) is 1. The number of para-hydroxylation sites is 1. The smallest absolute Gasteiger partial charge is 0.336 e. The van der Waals surface area contributed by atoms with Crippen molar-refractivity contribution in [3.63, 3.8) is 0 Å². The van der Waals surface area contributed by atoms with Gasteiger partial charge in [0.05, 0.1) is 11.1 Å². The topological polar surface area (TPSA) is 50.2 Å². The fraction of sp³-hybridized carbons (Fsp3) is 0. The van der Waals surface area contributed by atoms with E-state index in [1.54, 1.807) is 12.1 Å². The van der Waals surface area contributed by atoms with Crippen molar-refractivity contribution in [1.29, 1.82) is 0 Å². The second-order valence-electron chi connectivity index (χ2n) is 4.36. The number of aromatic nitrogens is 1. The highest BCUT2D eigenvalue weighted by Gasteiger charge is 2.12. The summed E-state index contributed by atoms with van der Waals surface area (Å²) < 4.78 is 0.960. The Balaban J connectivity index is 2.11. The zero-order chi connectivity index (χ0) is 14.8. The molecule has 104 valence electrons. The third kappa shape index (κ3) is 2.94. The van der Waals surface area contributed by atoms with E-state index < -0.39 is 5.97 Å². The van der Waals surface area contributed by atoms with Gasteiger partial charge in [0, 0.05) is 14.8 Å². The molecule has 1 N–H and O–H groups in total. The van der Waals surface area contributed by atoms with Gasteiger partial charge in [-0.1, -0.05) is 42.1 Å². The van der Waals surface area contributed by atoms with Crippen molar-refractivity contribution in [2.75, 3.05) is 0 Å². The third-order valence-corrected chi connectivity index (χ3v) is 4.92. The summed E-state index contributed by atoms with van der Waals surface area (Å²) in [6, 6.07) is 16.7. The second-order valence-corrected chi connectivity index (χ2v) is 6.28. The first-order valence-corrected chi connectivity index (χ1v) is 7.81. The van der Waals surface area contributed by atoms with Crippen molar-refractivity contribution in [3.05, 3.63) is 64.6 Å². The lowest BCUT2D eigenvalue weighted by atomic mass is 10.1. The van der Waals surface area contributed by atoms with E-state index in [4.69, 9.17) is 0 Å². The van der Waals surface area contributed by atoms with E-state index in [-0.39, 0.29) is 5.56 Å². The highest BCUT2D eigenvalue weighted by Crippen LogP contribution is 2.34. The van der Waals surface area contributed by atoms with Gasteiger partial charge < -0.3 is 5.11 Å². The summed E-state index contributed by atoms with van der Waals surface area (Å²) in [4.78, 5) is 17.0. The van der Waals surface area contributed by atoms with Gasteiger partial charge in [0.2, 0.25) is 0 Å². The Hall–Kier alpha value is -1.85. The molecule has 0 aliphatic carbocycles. The lowest BCUT2D eigenvalue weighted by molar-refractivity contribution is 0.0698. The van der Waals surface area contributed by atoms with Gasteiger partial charge in [-0.15, -0.1) is 0 Å². The number of rotatable bonds is 3. The Kier molecular flexibility index (Phi) is 3.94. The van der Waals surface area contributed by atoms with E-state index in [1.165, 1.54) is 11.8 Å². The minimum absolute atomic E-state index is 0.273. The van der Waals surface area contributed by atoms with Crippen LogP contribution in [0.4, 0.5) is 0 Å². The number of halogens is 1. The normalized spacial score (nSPS) is 10.7. The quantitative estimate of drug-likeness (QED) is 0.726. The zero-order valence-electron chi connectivity index (χ0n) is 10.8. The molecule has 3 nitrogen and oxygen atoms in total. The molecule has 0 unspecified atom stereocenters. The first-order valence-electron chi connectivity index (χ1n) is 6.20. The molecule has 0 aliphatic heterocycles. The van der Waals surface area contributed by atoms with Crippen molar-refractivity contribution >= 4 is 44.6 Å². The molecule has 0 saturated heterocycles. The first-order chi connectivity index (χ1) is 10.1. The highest BCUT2D eigenvalue weighted by molar-refractivity contribution is 9.10. The maximum atomic E-state index is 11.4. The van der Waals surface area contributed by atoms with Gasteiger partial charge in [-0.25, -0.2) is 9.78 Å². The van der Waals surface area contributed by atoms with Crippen LogP contribution in [0.1, 0.15) is 10.4 Å². The standard InChI is InChI=1S/C16H10BrNO2S/c17-12-6-2-4-8-14(12)21-15-9-11(16(19)20)10-5-1-3-7-13(10)18-15/h1-9H,(H,19,20). The summed E-state index contributed by atoms with van der Waals surface area (Å²) in [5.74, 6) is -0.942. The summed E-state index contributed by atoms with van der Waals surface area (Å²) in [5.41, 5.74) is 0.960. The summed E-state index contributed by atoms with van der Waals surface area (Å²) in [6.45, 7) is 0. The third-order valence-electron chi connectivity index (χ3n) is 2.97. The maximum Gasteiger partial charge on any atom is 0.336 e. The van der Waals surface area contributed by atoms with E-state index in [9.17, 15) is 9.90 Å². The van der Waals surface area contributed by atoms with Gasteiger partial charge in [0.25, 0.3) is 0 Å². The molecule has 0 amide bonds. The Morgan fingerprint density at radius 2 is 1.81 bits per heavy atom. The van der Waals surface area contributed by atoms with Crippen molar-refractivity contribution in [2.45, 2.75) is 9.92 Å². The van der Waals surface area contributed by atoms with E-state index in [2.05, 4.69) is 20.9 Å². The molecule has 0 spiro atoms. The molecule has 1 heterocycles. The lowest BCUT2D eigenvalue weighted by Gasteiger charge is -2.07. The Morgan fingerprint density at radius 1 is 1.10 bits per heavy atom. The summed E-state index contributed by atoms with van der Waals surface area (Å²) in [6.07, 6.45) is 0. The van der Waals surface area contributed by atoms with Gasteiger partial charge in [0.1, 0.15) is 5.03 Å². The fourth-order valence-corrected chi connectivity index (χ4v) is 3.41. The summed E-state index contributed by atoms with van der Waals surface area (Å²) >= 11 is 4.93. The highest BCUT2D eigenvalue weighted by atomic mass is 79.9. The Bertz CT molecular complexity index is 835. The maximum absolute atomic E-state index is 11.4. The number of hydrogen-bond acceptors (Lipinski definition) is 3. The van der Waals surface area contributed by atoms with E-state index in [1.807, 2.05) is 42.5 Å². The molecule has 3 aromatic rings. The van der Waals surface area contributed by atoms with Gasteiger partial charge >= 0.3 is 5.97 Å². The number of hydrogen-bond donors (Lipinski definition) is 1. The van der Waals surface area contributed by atoms with Crippen molar-refractivity contribution < 1.29 is 9.90 Å². The number of carboxylic acids is 1. The van der Waals surface area contributed by atoms with Gasteiger partial charge in [-0.05, 0) is 40.2 Å². The second kappa shape index (κ2) is 5.87. The Labute approximate surface area is 134 Å². The van der Waals surface area contributed by atoms with Crippen LogP contribution in [0.15, 0.2) is 69.0 Å². The molecule has 0 fully saturated rings. The molecule has 0 atom stereocenters. The number of aromatic carboxylic acids is 1. The Morgan fingerprint density at radius 3 is 2.57 bits per heavy atom. The van der Waals surface area contributed by atoms with E-state index >= 15 is 0 Å². The predicted molar refractivity (Wildman–Crippen MR) is 87.0 cm³/mol. The van der Waals surface area contributed by atoms with Crippen molar-refractivity contribution in [2.24, 2.45) is 0 Å². The minimum atomic E-state index is -0.942. The van der Waals surface area contributed by atoms with Crippen molar-refractivity contribution in [3.8, 4) is 0 Å².